The molecule has 0 saturated carbocycles. The molecular formula is C22H27FN4O3Si. The Hall–Kier alpha value is -2.78. The maximum Gasteiger partial charge on any atom is 0.352 e. The lowest BCUT2D eigenvalue weighted by atomic mass is 10.2. The van der Waals surface area contributed by atoms with E-state index in [9.17, 15) is 14.3 Å². The number of aromatic nitrogens is 3. The van der Waals surface area contributed by atoms with Crippen molar-refractivity contribution >= 4 is 36.6 Å². The van der Waals surface area contributed by atoms with E-state index in [0.717, 1.165) is 17.3 Å². The molecule has 0 unspecified atom stereocenters. The number of ether oxygens (including phenoxy) is 1. The molecule has 2 aromatic heterocycles. The lowest BCUT2D eigenvalue weighted by Gasteiger charge is -2.21. The summed E-state index contributed by atoms with van der Waals surface area (Å²) in [4.78, 5) is 22.7. The summed E-state index contributed by atoms with van der Waals surface area (Å²) in [6, 6.07) is 7.36. The molecule has 0 aliphatic carbocycles. The minimum atomic E-state index is -1.19. The highest BCUT2D eigenvalue weighted by atomic mass is 28.3. The number of carboxylic acid groups (broad SMARTS) is 1. The Bertz CT molecular complexity index is 1130. The van der Waals surface area contributed by atoms with Gasteiger partial charge in [-0.05, 0) is 42.3 Å². The first-order valence-corrected chi connectivity index (χ1v) is 14.2. The fourth-order valence-corrected chi connectivity index (χ4v) is 4.67. The first-order chi connectivity index (χ1) is 14.7. The minimum Gasteiger partial charge on any atom is -0.477 e. The smallest absolute Gasteiger partial charge is 0.352 e. The Morgan fingerprint density at radius 1 is 1.23 bits per heavy atom. The summed E-state index contributed by atoms with van der Waals surface area (Å²) in [5.74, 6) is -0.652. The van der Waals surface area contributed by atoms with E-state index in [1.165, 1.54) is 12.4 Å². The Morgan fingerprint density at radius 2 is 2.03 bits per heavy atom. The summed E-state index contributed by atoms with van der Waals surface area (Å²) in [6.45, 7) is 8.99. The number of aromatic carboxylic acids is 1. The van der Waals surface area contributed by atoms with Gasteiger partial charge in [-0.25, -0.2) is 19.2 Å². The van der Waals surface area contributed by atoms with Crippen molar-refractivity contribution in [3.05, 3.63) is 47.7 Å². The number of anilines is 2. The molecule has 1 aliphatic heterocycles. The summed E-state index contributed by atoms with van der Waals surface area (Å²) in [5.41, 5.74) is 3.19. The number of hydrogen-bond donors (Lipinski definition) is 1. The Kier molecular flexibility index (Phi) is 5.81. The number of carboxylic acids is 1. The second-order valence-corrected chi connectivity index (χ2v) is 14.6. The second-order valence-electron chi connectivity index (χ2n) is 9.02. The number of halogens is 1. The first-order valence-electron chi connectivity index (χ1n) is 10.5. The molecule has 31 heavy (non-hydrogen) atoms. The molecule has 3 aromatic rings. The largest absolute Gasteiger partial charge is 0.477 e. The van der Waals surface area contributed by atoms with Gasteiger partial charge in [-0.3, -0.25) is 0 Å². The van der Waals surface area contributed by atoms with Crippen LogP contribution in [0.4, 0.5) is 15.9 Å². The van der Waals surface area contributed by atoms with Crippen LogP contribution < -0.4 is 4.90 Å². The molecule has 0 radical (unpaired) electrons. The first kappa shape index (κ1) is 21.4. The summed E-state index contributed by atoms with van der Waals surface area (Å²) in [7, 11) is -1.19. The van der Waals surface area contributed by atoms with Gasteiger partial charge in [0.1, 0.15) is 23.4 Å². The molecule has 0 atom stereocenters. The number of hydrogen-bond acceptors (Lipinski definition) is 5. The van der Waals surface area contributed by atoms with E-state index in [0.29, 0.717) is 49.6 Å². The van der Waals surface area contributed by atoms with Gasteiger partial charge in [0.15, 0.2) is 5.82 Å². The van der Waals surface area contributed by atoms with Gasteiger partial charge in [0.05, 0.1) is 12.1 Å². The normalized spacial score (nSPS) is 13.7. The Morgan fingerprint density at radius 3 is 2.77 bits per heavy atom. The summed E-state index contributed by atoms with van der Waals surface area (Å²) >= 11 is 0. The highest BCUT2D eigenvalue weighted by molar-refractivity contribution is 6.76. The van der Waals surface area contributed by atoms with Crippen LogP contribution in [0.1, 0.15) is 16.1 Å². The van der Waals surface area contributed by atoms with E-state index in [4.69, 9.17) is 4.74 Å². The molecule has 0 saturated heterocycles. The van der Waals surface area contributed by atoms with Crippen molar-refractivity contribution in [2.75, 3.05) is 24.7 Å². The molecule has 9 heteroatoms. The maximum atomic E-state index is 13.7. The third-order valence-electron chi connectivity index (χ3n) is 5.53. The summed E-state index contributed by atoms with van der Waals surface area (Å²) in [5, 5.41) is 9.76. The predicted molar refractivity (Wildman–Crippen MR) is 121 cm³/mol. The quantitative estimate of drug-likeness (QED) is 0.413. The number of benzene rings is 1. The van der Waals surface area contributed by atoms with Crippen LogP contribution in [0.15, 0.2) is 30.6 Å². The molecule has 1 aliphatic rings. The average molecular weight is 443 g/mol. The SMILES string of the molecule is C[Si](C)(C)CCOCCn1c(C(=O)O)cc2ncnc(N3CCc4cc(F)ccc43)c21. The van der Waals surface area contributed by atoms with Gasteiger partial charge in [-0.15, -0.1) is 0 Å². The van der Waals surface area contributed by atoms with E-state index in [1.807, 2.05) is 4.90 Å². The van der Waals surface area contributed by atoms with Gasteiger partial charge in [0, 0.05) is 33.5 Å². The number of fused-ring (bicyclic) bond motifs is 2. The van der Waals surface area contributed by atoms with E-state index in [1.54, 1.807) is 22.8 Å². The maximum absolute atomic E-state index is 13.7. The van der Waals surface area contributed by atoms with E-state index < -0.39 is 14.0 Å². The summed E-state index contributed by atoms with van der Waals surface area (Å²) in [6.07, 6.45) is 2.14. The number of carbonyl (C=O) groups is 1. The van der Waals surface area contributed by atoms with Crippen LogP contribution in [0.5, 0.6) is 0 Å². The van der Waals surface area contributed by atoms with Crippen molar-refractivity contribution in [1.82, 2.24) is 14.5 Å². The van der Waals surface area contributed by atoms with Crippen LogP contribution in [-0.4, -0.2) is 53.4 Å². The van der Waals surface area contributed by atoms with Crippen molar-refractivity contribution in [3.63, 3.8) is 0 Å². The third kappa shape index (κ3) is 4.47. The van der Waals surface area contributed by atoms with Crippen molar-refractivity contribution in [1.29, 1.82) is 0 Å². The van der Waals surface area contributed by atoms with Gasteiger partial charge in [0.25, 0.3) is 0 Å². The van der Waals surface area contributed by atoms with Gasteiger partial charge >= 0.3 is 5.97 Å². The van der Waals surface area contributed by atoms with Crippen molar-refractivity contribution < 1.29 is 19.0 Å². The van der Waals surface area contributed by atoms with Crippen LogP contribution in [0, 0.1) is 5.82 Å². The Labute approximate surface area is 181 Å². The zero-order valence-electron chi connectivity index (χ0n) is 18.1. The lowest BCUT2D eigenvalue weighted by molar-refractivity contribution is 0.0682. The molecule has 3 heterocycles. The molecule has 4 rings (SSSR count). The number of nitrogens with zero attached hydrogens (tertiary/aromatic N) is 4. The zero-order valence-corrected chi connectivity index (χ0v) is 19.1. The van der Waals surface area contributed by atoms with Crippen LogP contribution in [-0.2, 0) is 17.7 Å². The molecule has 0 spiro atoms. The monoisotopic (exact) mass is 442 g/mol. The Balaban J connectivity index is 1.68. The van der Waals surface area contributed by atoms with Crippen molar-refractivity contribution in [2.24, 2.45) is 0 Å². The number of rotatable bonds is 8. The van der Waals surface area contributed by atoms with Crippen LogP contribution in [0.3, 0.4) is 0 Å². The highest BCUT2D eigenvalue weighted by Crippen LogP contribution is 2.37. The standard InChI is InChI=1S/C22H27FN4O3Si/c1-31(2,3)11-10-30-9-8-26-19(22(28)29)13-17-20(26)21(25-14-24-17)27-7-6-15-12-16(23)4-5-18(15)27/h4-5,12-14H,6-11H2,1-3H3,(H,28,29). The van der Waals surface area contributed by atoms with Crippen molar-refractivity contribution in [3.8, 4) is 0 Å². The van der Waals surface area contributed by atoms with Gasteiger partial charge in [-0.2, -0.15) is 0 Å². The van der Waals surface area contributed by atoms with Gasteiger partial charge in [-0.1, -0.05) is 19.6 Å². The van der Waals surface area contributed by atoms with Gasteiger partial charge in [0.2, 0.25) is 0 Å². The van der Waals surface area contributed by atoms with Crippen LogP contribution in [0.25, 0.3) is 11.0 Å². The zero-order chi connectivity index (χ0) is 22.2. The minimum absolute atomic E-state index is 0.157. The van der Waals surface area contributed by atoms with Crippen molar-refractivity contribution in [2.45, 2.75) is 38.7 Å². The van der Waals surface area contributed by atoms with Crippen LogP contribution >= 0.6 is 0 Å². The molecule has 0 fully saturated rings. The molecule has 7 nitrogen and oxygen atoms in total. The average Bonchev–Trinajstić information content (AvgIpc) is 3.28. The fourth-order valence-electron chi connectivity index (χ4n) is 3.91. The molecule has 1 N–H and O–H groups in total. The molecule has 1 aromatic carbocycles. The topological polar surface area (TPSA) is 80.5 Å². The van der Waals surface area contributed by atoms with Gasteiger partial charge < -0.3 is 19.3 Å². The molecular weight excluding hydrogens is 415 g/mol. The molecule has 0 bridgehead atoms. The second kappa shape index (κ2) is 8.39. The lowest BCUT2D eigenvalue weighted by Crippen LogP contribution is -2.22. The predicted octanol–water partition coefficient (Wildman–Crippen LogP) is 4.32. The highest BCUT2D eigenvalue weighted by Gasteiger charge is 2.27. The molecule has 0 amide bonds. The van der Waals surface area contributed by atoms with Crippen LogP contribution in [0.2, 0.25) is 25.7 Å². The van der Waals surface area contributed by atoms with E-state index >= 15 is 0 Å². The fraction of sp³-hybridized carbons (Fsp3) is 0.409. The van der Waals surface area contributed by atoms with E-state index in [-0.39, 0.29) is 11.5 Å². The molecule has 164 valence electrons. The van der Waals surface area contributed by atoms with E-state index in [2.05, 4.69) is 29.6 Å². The summed E-state index contributed by atoms with van der Waals surface area (Å²) < 4.78 is 21.2. The third-order valence-corrected chi connectivity index (χ3v) is 7.24.